The van der Waals surface area contributed by atoms with Crippen molar-refractivity contribution in [3.05, 3.63) is 55.4 Å². The number of hydrogen-bond acceptors (Lipinski definition) is 2. The third-order valence-corrected chi connectivity index (χ3v) is 4.11. The number of aliphatic hydroxyl groups is 1. The average Bonchev–Trinajstić information content (AvgIpc) is 2.64. The molecule has 1 N–H and O–H groups in total. The summed E-state index contributed by atoms with van der Waals surface area (Å²) in [6.07, 6.45) is -0.993. The number of benzene rings is 1. The van der Waals surface area contributed by atoms with Gasteiger partial charge in [-0.25, -0.2) is 4.39 Å². The third kappa shape index (κ3) is 2.30. The van der Waals surface area contributed by atoms with Crippen LogP contribution in [-0.4, -0.2) is 5.11 Å². The summed E-state index contributed by atoms with van der Waals surface area (Å²) >= 11 is 10.2. The van der Waals surface area contributed by atoms with Crippen molar-refractivity contribution >= 4 is 38.9 Å². The molecule has 1 aromatic carbocycles. The van der Waals surface area contributed by atoms with Gasteiger partial charge < -0.3 is 5.11 Å². The van der Waals surface area contributed by atoms with Crippen LogP contribution in [0.3, 0.4) is 0 Å². The van der Waals surface area contributed by atoms with Gasteiger partial charge in [0.15, 0.2) is 0 Å². The van der Waals surface area contributed by atoms with E-state index in [9.17, 15) is 9.50 Å². The number of hydrogen-bond donors (Lipinski definition) is 1. The summed E-state index contributed by atoms with van der Waals surface area (Å²) in [6.45, 7) is 0. The minimum Gasteiger partial charge on any atom is -0.383 e. The van der Waals surface area contributed by atoms with Crippen LogP contribution in [0, 0.1) is 5.82 Å². The molecule has 0 spiro atoms. The minimum atomic E-state index is -0.993. The summed E-state index contributed by atoms with van der Waals surface area (Å²) in [7, 11) is 0. The molecule has 0 fully saturated rings. The Balaban J connectivity index is 2.45. The molecule has 2 aromatic rings. The van der Waals surface area contributed by atoms with Gasteiger partial charge in [0.2, 0.25) is 0 Å². The molecule has 1 aromatic heterocycles. The van der Waals surface area contributed by atoms with Crippen LogP contribution in [0.4, 0.5) is 4.39 Å². The van der Waals surface area contributed by atoms with Crippen LogP contribution in [0.5, 0.6) is 0 Å². The number of rotatable bonds is 2. The lowest BCUT2D eigenvalue weighted by molar-refractivity contribution is 0.218. The first kappa shape index (κ1) is 12.0. The fourth-order valence-corrected chi connectivity index (χ4v) is 3.01. The molecule has 2 rings (SSSR count). The summed E-state index contributed by atoms with van der Waals surface area (Å²) in [5.41, 5.74) is 0.237. The van der Waals surface area contributed by atoms with Crippen LogP contribution in [0.25, 0.3) is 0 Å². The average molecular weight is 322 g/mol. The molecule has 0 bridgehead atoms. The molecular weight excluding hydrogens is 315 g/mol. The van der Waals surface area contributed by atoms with Gasteiger partial charge in [0.05, 0.1) is 4.34 Å². The molecule has 0 aliphatic rings. The highest BCUT2D eigenvalue weighted by Crippen LogP contribution is 2.35. The maximum absolute atomic E-state index is 13.6. The minimum absolute atomic E-state index is 0.237. The lowest BCUT2D eigenvalue weighted by Crippen LogP contribution is -2.01. The van der Waals surface area contributed by atoms with Crippen LogP contribution in [-0.2, 0) is 0 Å². The summed E-state index contributed by atoms with van der Waals surface area (Å²) in [5, 5.41) is 10.0. The van der Waals surface area contributed by atoms with E-state index in [1.54, 1.807) is 24.3 Å². The van der Waals surface area contributed by atoms with Crippen molar-refractivity contribution in [1.29, 1.82) is 0 Å². The Labute approximate surface area is 110 Å². The van der Waals surface area contributed by atoms with E-state index in [-0.39, 0.29) is 5.56 Å². The molecule has 0 saturated heterocycles. The highest BCUT2D eigenvalue weighted by atomic mass is 79.9. The van der Waals surface area contributed by atoms with E-state index in [0.29, 0.717) is 13.7 Å². The largest absolute Gasteiger partial charge is 0.383 e. The second-order valence-electron chi connectivity index (χ2n) is 3.18. The second-order valence-corrected chi connectivity index (χ2v) is 5.78. The zero-order valence-corrected chi connectivity index (χ0v) is 11.1. The first-order chi connectivity index (χ1) is 7.59. The highest BCUT2D eigenvalue weighted by molar-refractivity contribution is 9.10. The van der Waals surface area contributed by atoms with Gasteiger partial charge in [-0.05, 0) is 24.3 Å². The maximum Gasteiger partial charge on any atom is 0.130 e. The molecule has 84 valence electrons. The van der Waals surface area contributed by atoms with E-state index in [4.69, 9.17) is 11.6 Å². The molecule has 1 unspecified atom stereocenters. The van der Waals surface area contributed by atoms with E-state index < -0.39 is 11.9 Å². The Morgan fingerprint density at radius 2 is 2.06 bits per heavy atom. The summed E-state index contributed by atoms with van der Waals surface area (Å²) in [5.74, 6) is -0.439. The Hall–Kier alpha value is -0.420. The molecule has 1 heterocycles. The van der Waals surface area contributed by atoms with Crippen molar-refractivity contribution in [2.24, 2.45) is 0 Å². The van der Waals surface area contributed by atoms with Crippen molar-refractivity contribution in [2.45, 2.75) is 6.10 Å². The summed E-state index contributed by atoms with van der Waals surface area (Å²) in [6, 6.07) is 7.96. The molecule has 16 heavy (non-hydrogen) atoms. The molecule has 1 atom stereocenters. The predicted octanol–water partition coefficient (Wildman–Crippen LogP) is 4.38. The Kier molecular flexibility index (Phi) is 3.64. The summed E-state index contributed by atoms with van der Waals surface area (Å²) < 4.78 is 14.7. The second kappa shape index (κ2) is 4.84. The van der Waals surface area contributed by atoms with Crippen LogP contribution < -0.4 is 0 Å². The van der Waals surface area contributed by atoms with Crippen molar-refractivity contribution < 1.29 is 9.50 Å². The molecule has 0 aliphatic carbocycles. The topological polar surface area (TPSA) is 20.2 Å². The number of thiophene rings is 1. The Morgan fingerprint density at radius 3 is 2.62 bits per heavy atom. The molecule has 0 saturated carbocycles. The van der Waals surface area contributed by atoms with Crippen molar-refractivity contribution in [2.75, 3.05) is 0 Å². The van der Waals surface area contributed by atoms with Gasteiger partial charge in [0.1, 0.15) is 11.9 Å². The molecule has 0 aliphatic heterocycles. The van der Waals surface area contributed by atoms with Gasteiger partial charge in [-0.2, -0.15) is 0 Å². The van der Waals surface area contributed by atoms with Gasteiger partial charge in [-0.3, -0.25) is 0 Å². The SMILES string of the molecule is OC(c1ccc(Cl)s1)c1c(F)cccc1Br. The van der Waals surface area contributed by atoms with E-state index in [1.807, 2.05) is 0 Å². The highest BCUT2D eigenvalue weighted by Gasteiger charge is 2.19. The van der Waals surface area contributed by atoms with Crippen molar-refractivity contribution in [1.82, 2.24) is 0 Å². The fraction of sp³-hybridized carbons (Fsp3) is 0.0909. The van der Waals surface area contributed by atoms with Crippen molar-refractivity contribution in [3.63, 3.8) is 0 Å². The molecule has 5 heteroatoms. The lowest BCUT2D eigenvalue weighted by atomic mass is 10.1. The van der Waals surface area contributed by atoms with E-state index in [2.05, 4.69) is 15.9 Å². The fourth-order valence-electron chi connectivity index (χ4n) is 1.39. The molecule has 0 radical (unpaired) electrons. The van der Waals surface area contributed by atoms with Gasteiger partial charge in [-0.1, -0.05) is 33.6 Å². The standard InChI is InChI=1S/C11H7BrClFOS/c12-6-2-1-3-7(14)10(6)11(15)8-4-5-9(13)16-8/h1-5,11,15H. The van der Waals surface area contributed by atoms with Gasteiger partial charge >= 0.3 is 0 Å². The molecule has 1 nitrogen and oxygen atoms in total. The van der Waals surface area contributed by atoms with E-state index in [1.165, 1.54) is 17.4 Å². The van der Waals surface area contributed by atoms with Gasteiger partial charge in [0.25, 0.3) is 0 Å². The van der Waals surface area contributed by atoms with Crippen LogP contribution >= 0.6 is 38.9 Å². The number of halogens is 3. The lowest BCUT2D eigenvalue weighted by Gasteiger charge is -2.11. The third-order valence-electron chi connectivity index (χ3n) is 2.14. The molecular formula is C11H7BrClFOS. The van der Waals surface area contributed by atoms with E-state index in [0.717, 1.165) is 0 Å². The van der Waals surface area contributed by atoms with Crippen LogP contribution in [0.15, 0.2) is 34.8 Å². The number of aliphatic hydroxyl groups excluding tert-OH is 1. The Bertz CT molecular complexity index is 494. The normalized spacial score (nSPS) is 12.8. The first-order valence-corrected chi connectivity index (χ1v) is 6.45. The van der Waals surface area contributed by atoms with Gasteiger partial charge in [-0.15, -0.1) is 11.3 Å². The monoisotopic (exact) mass is 320 g/mol. The Morgan fingerprint density at radius 1 is 1.31 bits per heavy atom. The predicted molar refractivity (Wildman–Crippen MR) is 67.5 cm³/mol. The quantitative estimate of drug-likeness (QED) is 0.870. The van der Waals surface area contributed by atoms with Gasteiger partial charge in [0, 0.05) is 14.9 Å². The zero-order valence-electron chi connectivity index (χ0n) is 7.95. The zero-order chi connectivity index (χ0) is 11.7. The smallest absolute Gasteiger partial charge is 0.130 e. The molecule has 0 amide bonds. The van der Waals surface area contributed by atoms with Crippen molar-refractivity contribution in [3.8, 4) is 0 Å². The first-order valence-electron chi connectivity index (χ1n) is 4.47. The van der Waals surface area contributed by atoms with Crippen LogP contribution in [0.2, 0.25) is 4.34 Å². The maximum atomic E-state index is 13.6. The van der Waals surface area contributed by atoms with E-state index >= 15 is 0 Å². The summed E-state index contributed by atoms with van der Waals surface area (Å²) in [4.78, 5) is 0.621. The van der Waals surface area contributed by atoms with Crippen LogP contribution in [0.1, 0.15) is 16.5 Å².